The number of sulfonamides is 1. The summed E-state index contributed by atoms with van der Waals surface area (Å²) in [6.07, 6.45) is 3.42. The standard InChI is InChI=1S/C15H20N2O2S/c1-12(14-5-2-6-14)17-20(18,19)15-9-7-13(8-10-15)4-3-11-16/h7-10,12,14,17H,2,5-6,11,16H2,1H3. The first-order valence-corrected chi connectivity index (χ1v) is 8.32. The molecule has 108 valence electrons. The molecular formula is C15H20N2O2S. The maximum atomic E-state index is 12.2. The molecule has 1 saturated carbocycles. The molecule has 1 atom stereocenters. The van der Waals surface area contributed by atoms with E-state index in [0.717, 1.165) is 18.4 Å². The monoisotopic (exact) mass is 292 g/mol. The van der Waals surface area contributed by atoms with Crippen molar-refractivity contribution in [2.24, 2.45) is 11.7 Å². The summed E-state index contributed by atoms with van der Waals surface area (Å²) in [5, 5.41) is 0. The Labute approximate surface area is 120 Å². The van der Waals surface area contributed by atoms with Gasteiger partial charge in [0.2, 0.25) is 10.0 Å². The van der Waals surface area contributed by atoms with Crippen LogP contribution in [0.25, 0.3) is 0 Å². The van der Waals surface area contributed by atoms with Crippen LogP contribution in [0.3, 0.4) is 0 Å². The summed E-state index contributed by atoms with van der Waals surface area (Å²) in [4.78, 5) is 0.280. The van der Waals surface area contributed by atoms with Crippen LogP contribution >= 0.6 is 0 Å². The van der Waals surface area contributed by atoms with Gasteiger partial charge in [0.05, 0.1) is 11.4 Å². The van der Waals surface area contributed by atoms with Gasteiger partial charge < -0.3 is 5.73 Å². The molecule has 2 rings (SSSR count). The van der Waals surface area contributed by atoms with Crippen LogP contribution in [0, 0.1) is 17.8 Å². The van der Waals surface area contributed by atoms with Crippen molar-refractivity contribution in [1.29, 1.82) is 0 Å². The zero-order chi connectivity index (χ0) is 14.6. The van der Waals surface area contributed by atoms with E-state index in [2.05, 4.69) is 16.6 Å². The quantitative estimate of drug-likeness (QED) is 0.825. The lowest BCUT2D eigenvalue weighted by molar-refractivity contribution is 0.260. The fraction of sp³-hybridized carbons (Fsp3) is 0.467. The second-order valence-corrected chi connectivity index (χ2v) is 6.85. The smallest absolute Gasteiger partial charge is 0.240 e. The van der Waals surface area contributed by atoms with Gasteiger partial charge in [-0.2, -0.15) is 0 Å². The topological polar surface area (TPSA) is 72.2 Å². The molecule has 0 radical (unpaired) electrons. The Kier molecular flexibility index (Phi) is 4.81. The lowest BCUT2D eigenvalue weighted by Crippen LogP contribution is -2.40. The van der Waals surface area contributed by atoms with E-state index < -0.39 is 10.0 Å². The Morgan fingerprint density at radius 3 is 2.50 bits per heavy atom. The highest BCUT2D eigenvalue weighted by molar-refractivity contribution is 7.89. The van der Waals surface area contributed by atoms with E-state index in [1.54, 1.807) is 24.3 Å². The van der Waals surface area contributed by atoms with E-state index >= 15 is 0 Å². The molecule has 0 aromatic heterocycles. The van der Waals surface area contributed by atoms with Crippen molar-refractivity contribution in [2.45, 2.75) is 37.1 Å². The molecule has 1 unspecified atom stereocenters. The molecule has 0 bridgehead atoms. The third-order valence-corrected chi connectivity index (χ3v) is 5.27. The minimum atomic E-state index is -3.44. The van der Waals surface area contributed by atoms with Crippen LogP contribution in [0.5, 0.6) is 0 Å². The summed E-state index contributed by atoms with van der Waals surface area (Å²) in [6, 6.07) is 6.55. The van der Waals surface area contributed by atoms with Crippen LogP contribution in [0.15, 0.2) is 29.2 Å². The maximum absolute atomic E-state index is 12.2. The Hall–Kier alpha value is -1.35. The predicted molar refractivity (Wildman–Crippen MR) is 79.5 cm³/mol. The summed E-state index contributed by atoms with van der Waals surface area (Å²) >= 11 is 0. The minimum absolute atomic E-state index is 0.00883. The van der Waals surface area contributed by atoms with Crippen LogP contribution in [0.4, 0.5) is 0 Å². The first-order chi connectivity index (χ1) is 9.53. The molecule has 1 fully saturated rings. The normalized spacial score (nSPS) is 16.9. The molecule has 1 aromatic carbocycles. The van der Waals surface area contributed by atoms with E-state index in [-0.39, 0.29) is 10.9 Å². The second kappa shape index (κ2) is 6.40. The van der Waals surface area contributed by atoms with Crippen molar-refractivity contribution in [3.8, 4) is 11.8 Å². The van der Waals surface area contributed by atoms with Crippen molar-refractivity contribution in [3.63, 3.8) is 0 Å². The molecule has 0 heterocycles. The van der Waals surface area contributed by atoms with E-state index in [0.29, 0.717) is 12.5 Å². The fourth-order valence-electron chi connectivity index (χ4n) is 2.22. The van der Waals surface area contributed by atoms with Gasteiger partial charge in [0, 0.05) is 11.6 Å². The fourth-order valence-corrected chi connectivity index (χ4v) is 3.53. The van der Waals surface area contributed by atoms with Gasteiger partial charge in [0.15, 0.2) is 0 Å². The summed E-state index contributed by atoms with van der Waals surface area (Å²) in [5.74, 6) is 6.08. The van der Waals surface area contributed by atoms with Crippen LogP contribution < -0.4 is 10.5 Å². The van der Waals surface area contributed by atoms with Crippen LogP contribution in [0.2, 0.25) is 0 Å². The number of nitrogens with two attached hydrogens (primary N) is 1. The van der Waals surface area contributed by atoms with Crippen molar-refractivity contribution in [2.75, 3.05) is 6.54 Å². The molecule has 1 aliphatic rings. The molecule has 0 saturated heterocycles. The number of benzene rings is 1. The Morgan fingerprint density at radius 2 is 2.00 bits per heavy atom. The third-order valence-electron chi connectivity index (χ3n) is 3.70. The first-order valence-electron chi connectivity index (χ1n) is 6.84. The second-order valence-electron chi connectivity index (χ2n) is 5.13. The van der Waals surface area contributed by atoms with Gasteiger partial charge in [-0.25, -0.2) is 13.1 Å². The average molecular weight is 292 g/mol. The molecule has 0 spiro atoms. The van der Waals surface area contributed by atoms with Gasteiger partial charge >= 0.3 is 0 Å². The zero-order valence-electron chi connectivity index (χ0n) is 11.6. The van der Waals surface area contributed by atoms with Crippen molar-refractivity contribution >= 4 is 10.0 Å². The van der Waals surface area contributed by atoms with Crippen LogP contribution in [-0.2, 0) is 10.0 Å². The highest BCUT2D eigenvalue weighted by Crippen LogP contribution is 2.30. The number of nitrogens with one attached hydrogen (secondary N) is 1. The van der Waals surface area contributed by atoms with Crippen molar-refractivity contribution in [1.82, 2.24) is 4.72 Å². The molecule has 0 amide bonds. The lowest BCUT2D eigenvalue weighted by atomic mass is 9.81. The molecule has 5 heteroatoms. The molecule has 20 heavy (non-hydrogen) atoms. The van der Waals surface area contributed by atoms with Gasteiger partial charge in [-0.05, 0) is 49.9 Å². The average Bonchev–Trinajstić information content (AvgIpc) is 2.34. The molecule has 3 N–H and O–H groups in total. The minimum Gasteiger partial charge on any atom is -0.320 e. The highest BCUT2D eigenvalue weighted by Gasteiger charge is 2.27. The van der Waals surface area contributed by atoms with Crippen molar-refractivity contribution in [3.05, 3.63) is 29.8 Å². The van der Waals surface area contributed by atoms with Gasteiger partial charge in [-0.15, -0.1) is 0 Å². The van der Waals surface area contributed by atoms with Crippen LogP contribution in [0.1, 0.15) is 31.7 Å². The Morgan fingerprint density at radius 1 is 1.35 bits per heavy atom. The highest BCUT2D eigenvalue weighted by atomic mass is 32.2. The van der Waals surface area contributed by atoms with E-state index in [9.17, 15) is 8.42 Å². The predicted octanol–water partition coefficient (Wildman–Crippen LogP) is 1.46. The molecule has 1 aromatic rings. The number of hydrogen-bond acceptors (Lipinski definition) is 3. The molecular weight excluding hydrogens is 272 g/mol. The molecule has 4 nitrogen and oxygen atoms in total. The van der Waals surface area contributed by atoms with Gasteiger partial charge in [-0.1, -0.05) is 18.3 Å². The zero-order valence-corrected chi connectivity index (χ0v) is 12.4. The van der Waals surface area contributed by atoms with Crippen molar-refractivity contribution < 1.29 is 8.42 Å². The largest absolute Gasteiger partial charge is 0.320 e. The third kappa shape index (κ3) is 3.60. The first kappa shape index (κ1) is 15.0. The summed E-state index contributed by atoms with van der Waals surface area (Å²) in [7, 11) is -3.44. The van der Waals surface area contributed by atoms with Gasteiger partial charge in [0.25, 0.3) is 0 Å². The number of hydrogen-bond donors (Lipinski definition) is 2. The van der Waals surface area contributed by atoms with E-state index in [1.165, 1.54) is 6.42 Å². The maximum Gasteiger partial charge on any atom is 0.240 e. The van der Waals surface area contributed by atoms with E-state index in [1.807, 2.05) is 6.92 Å². The number of rotatable bonds is 4. The Bertz CT molecular complexity index is 608. The Balaban J connectivity index is 2.08. The summed E-state index contributed by atoms with van der Waals surface area (Å²) < 4.78 is 27.2. The summed E-state index contributed by atoms with van der Waals surface area (Å²) in [6.45, 7) is 2.23. The SMILES string of the molecule is CC(NS(=O)(=O)c1ccc(C#CCN)cc1)C1CCC1. The lowest BCUT2D eigenvalue weighted by Gasteiger charge is -2.31. The van der Waals surface area contributed by atoms with Crippen LogP contribution in [-0.4, -0.2) is 21.0 Å². The van der Waals surface area contributed by atoms with Gasteiger partial charge in [-0.3, -0.25) is 0 Å². The molecule has 0 aliphatic heterocycles. The van der Waals surface area contributed by atoms with Gasteiger partial charge in [0.1, 0.15) is 0 Å². The summed E-state index contributed by atoms with van der Waals surface area (Å²) in [5.41, 5.74) is 6.06. The molecule has 1 aliphatic carbocycles. The van der Waals surface area contributed by atoms with E-state index in [4.69, 9.17) is 5.73 Å².